The van der Waals surface area contributed by atoms with E-state index in [0.717, 1.165) is 22.4 Å². The Labute approximate surface area is 157 Å². The highest BCUT2D eigenvalue weighted by molar-refractivity contribution is 5.85. The Bertz CT molecular complexity index is 793. The first-order chi connectivity index (χ1) is 12.0. The first-order valence-electron chi connectivity index (χ1n) is 9.03. The summed E-state index contributed by atoms with van der Waals surface area (Å²) < 4.78 is 5.38. The molecule has 0 amide bonds. The molecule has 0 radical (unpaired) electrons. The Kier molecular flexibility index (Phi) is 5.80. The number of hydrogen-bond acceptors (Lipinski definition) is 3. The van der Waals surface area contributed by atoms with Gasteiger partial charge in [0.15, 0.2) is 0 Å². The zero-order valence-corrected chi connectivity index (χ0v) is 17.1. The molecule has 0 aliphatic heterocycles. The summed E-state index contributed by atoms with van der Waals surface area (Å²) in [5.74, 6) is 1.14. The standard InChI is InChI=1S/C23H31NO2/c1-22(2,3)18-12-17(21(25)19(13-18)23(4,5)6)15-24-14-16-10-8-9-11-20(16)26-7/h8-13,15,25H,14H2,1-7H3. The van der Waals surface area contributed by atoms with Crippen molar-refractivity contribution in [1.29, 1.82) is 0 Å². The number of phenols is 1. The third-order valence-corrected chi connectivity index (χ3v) is 4.50. The lowest BCUT2D eigenvalue weighted by molar-refractivity contribution is 0.410. The van der Waals surface area contributed by atoms with E-state index in [1.54, 1.807) is 13.3 Å². The summed E-state index contributed by atoms with van der Waals surface area (Å²) in [7, 11) is 1.66. The molecule has 0 atom stereocenters. The summed E-state index contributed by atoms with van der Waals surface area (Å²) in [6, 6.07) is 12.0. The van der Waals surface area contributed by atoms with Crippen molar-refractivity contribution in [2.24, 2.45) is 4.99 Å². The predicted molar refractivity (Wildman–Crippen MR) is 110 cm³/mol. The van der Waals surface area contributed by atoms with Gasteiger partial charge in [-0.25, -0.2) is 0 Å². The van der Waals surface area contributed by atoms with Crippen molar-refractivity contribution in [3.05, 3.63) is 58.7 Å². The number of rotatable bonds is 4. The van der Waals surface area contributed by atoms with E-state index >= 15 is 0 Å². The van der Waals surface area contributed by atoms with Gasteiger partial charge in [-0.1, -0.05) is 65.8 Å². The van der Waals surface area contributed by atoms with Crippen LogP contribution in [0, 0.1) is 0 Å². The quantitative estimate of drug-likeness (QED) is 0.725. The van der Waals surface area contributed by atoms with Crippen LogP contribution in [0.4, 0.5) is 0 Å². The van der Waals surface area contributed by atoms with Gasteiger partial charge in [0.05, 0.1) is 13.7 Å². The molecule has 0 fully saturated rings. The van der Waals surface area contributed by atoms with Crippen molar-refractivity contribution in [2.45, 2.75) is 58.9 Å². The predicted octanol–water partition coefficient (Wildman–Crippen LogP) is 5.61. The maximum Gasteiger partial charge on any atom is 0.128 e. The Morgan fingerprint density at radius 3 is 2.23 bits per heavy atom. The van der Waals surface area contributed by atoms with Crippen LogP contribution < -0.4 is 4.74 Å². The minimum atomic E-state index is -0.142. The van der Waals surface area contributed by atoms with Gasteiger partial charge in [0.1, 0.15) is 11.5 Å². The third-order valence-electron chi connectivity index (χ3n) is 4.50. The Hall–Kier alpha value is -2.29. The van der Waals surface area contributed by atoms with Crippen molar-refractivity contribution < 1.29 is 9.84 Å². The fourth-order valence-corrected chi connectivity index (χ4v) is 2.84. The second-order valence-corrected chi connectivity index (χ2v) is 8.74. The van der Waals surface area contributed by atoms with Crippen LogP contribution in [0.3, 0.4) is 0 Å². The molecule has 0 saturated heterocycles. The molecule has 2 rings (SSSR count). The van der Waals surface area contributed by atoms with Crippen LogP contribution in [-0.4, -0.2) is 18.4 Å². The van der Waals surface area contributed by atoms with Crippen molar-refractivity contribution >= 4 is 6.21 Å². The zero-order valence-electron chi connectivity index (χ0n) is 17.1. The highest BCUT2D eigenvalue weighted by Crippen LogP contribution is 2.37. The van der Waals surface area contributed by atoms with Gasteiger partial charge in [-0.15, -0.1) is 0 Å². The van der Waals surface area contributed by atoms with E-state index in [1.165, 1.54) is 5.56 Å². The topological polar surface area (TPSA) is 41.8 Å². The second-order valence-electron chi connectivity index (χ2n) is 8.74. The van der Waals surface area contributed by atoms with Crippen LogP contribution >= 0.6 is 0 Å². The summed E-state index contributed by atoms with van der Waals surface area (Å²) >= 11 is 0. The van der Waals surface area contributed by atoms with Crippen LogP contribution in [0.2, 0.25) is 0 Å². The van der Waals surface area contributed by atoms with Crippen LogP contribution in [0.5, 0.6) is 11.5 Å². The van der Waals surface area contributed by atoms with E-state index in [2.05, 4.69) is 52.6 Å². The number of hydrogen-bond donors (Lipinski definition) is 1. The molecule has 0 spiro atoms. The van der Waals surface area contributed by atoms with Crippen LogP contribution in [0.25, 0.3) is 0 Å². The molecule has 0 aromatic heterocycles. The number of aromatic hydroxyl groups is 1. The normalized spacial score (nSPS) is 12.6. The maximum atomic E-state index is 10.8. The lowest BCUT2D eigenvalue weighted by Crippen LogP contribution is -2.17. The number of nitrogens with zero attached hydrogens (tertiary/aromatic N) is 1. The largest absolute Gasteiger partial charge is 0.507 e. The lowest BCUT2D eigenvalue weighted by Gasteiger charge is -2.27. The van der Waals surface area contributed by atoms with Crippen molar-refractivity contribution in [3.8, 4) is 11.5 Å². The molecule has 3 nitrogen and oxygen atoms in total. The highest BCUT2D eigenvalue weighted by Gasteiger charge is 2.24. The highest BCUT2D eigenvalue weighted by atomic mass is 16.5. The second kappa shape index (κ2) is 7.53. The summed E-state index contributed by atoms with van der Waals surface area (Å²) in [5, 5.41) is 10.8. The summed E-state index contributed by atoms with van der Waals surface area (Å²) in [5.41, 5.74) is 3.78. The fourth-order valence-electron chi connectivity index (χ4n) is 2.84. The zero-order chi connectivity index (χ0) is 19.5. The van der Waals surface area contributed by atoms with Gasteiger partial charge in [-0.05, 0) is 28.5 Å². The summed E-state index contributed by atoms with van der Waals surface area (Å²) in [4.78, 5) is 4.56. The summed E-state index contributed by atoms with van der Waals surface area (Å²) in [6.45, 7) is 13.4. The molecule has 2 aromatic rings. The van der Waals surface area contributed by atoms with E-state index in [4.69, 9.17) is 4.74 Å². The fraction of sp³-hybridized carbons (Fsp3) is 0.435. The van der Waals surface area contributed by atoms with Gasteiger partial charge in [0, 0.05) is 22.9 Å². The average molecular weight is 354 g/mol. The molecule has 0 aliphatic carbocycles. The molecule has 0 aliphatic rings. The SMILES string of the molecule is COc1ccccc1CN=Cc1cc(C(C)(C)C)cc(C(C)(C)C)c1O. The molecule has 0 saturated carbocycles. The molecule has 1 N–H and O–H groups in total. The first-order valence-corrected chi connectivity index (χ1v) is 9.03. The van der Waals surface area contributed by atoms with Gasteiger partial charge in [0.25, 0.3) is 0 Å². The van der Waals surface area contributed by atoms with E-state index in [9.17, 15) is 5.11 Å². The van der Waals surface area contributed by atoms with Gasteiger partial charge in [0.2, 0.25) is 0 Å². The van der Waals surface area contributed by atoms with E-state index in [1.807, 2.05) is 30.3 Å². The molecular formula is C23H31NO2. The third kappa shape index (κ3) is 4.66. The number of phenolic OH excluding ortho intramolecular Hbond substituents is 1. The van der Waals surface area contributed by atoms with Gasteiger partial charge in [-0.3, -0.25) is 4.99 Å². The Balaban J connectivity index is 2.42. The van der Waals surface area contributed by atoms with Gasteiger partial charge in [-0.2, -0.15) is 0 Å². The number of benzene rings is 2. The van der Waals surface area contributed by atoms with Crippen molar-refractivity contribution in [2.75, 3.05) is 7.11 Å². The van der Waals surface area contributed by atoms with E-state index in [0.29, 0.717) is 12.3 Å². The molecular weight excluding hydrogens is 322 g/mol. The maximum absolute atomic E-state index is 10.8. The smallest absolute Gasteiger partial charge is 0.128 e. The van der Waals surface area contributed by atoms with Crippen LogP contribution in [-0.2, 0) is 17.4 Å². The molecule has 0 heterocycles. The summed E-state index contributed by atoms with van der Waals surface area (Å²) in [6.07, 6.45) is 1.77. The molecule has 2 aromatic carbocycles. The average Bonchev–Trinajstić information content (AvgIpc) is 2.54. The first kappa shape index (κ1) is 20.0. The van der Waals surface area contributed by atoms with Gasteiger partial charge >= 0.3 is 0 Å². The molecule has 3 heteroatoms. The molecule has 140 valence electrons. The number of ether oxygens (including phenoxy) is 1. The number of para-hydroxylation sites is 1. The lowest BCUT2D eigenvalue weighted by atomic mass is 9.79. The van der Waals surface area contributed by atoms with Crippen LogP contribution in [0.15, 0.2) is 41.4 Å². The molecule has 0 bridgehead atoms. The number of aliphatic imine (C=N–C) groups is 1. The van der Waals surface area contributed by atoms with E-state index in [-0.39, 0.29) is 10.8 Å². The van der Waals surface area contributed by atoms with Crippen molar-refractivity contribution in [3.63, 3.8) is 0 Å². The van der Waals surface area contributed by atoms with E-state index < -0.39 is 0 Å². The number of methoxy groups -OCH3 is 1. The van der Waals surface area contributed by atoms with Crippen LogP contribution in [0.1, 0.15) is 63.8 Å². The van der Waals surface area contributed by atoms with Gasteiger partial charge < -0.3 is 9.84 Å². The minimum absolute atomic E-state index is 0.00105. The monoisotopic (exact) mass is 353 g/mol. The Morgan fingerprint density at radius 1 is 1.00 bits per heavy atom. The Morgan fingerprint density at radius 2 is 1.65 bits per heavy atom. The van der Waals surface area contributed by atoms with Crippen molar-refractivity contribution in [1.82, 2.24) is 0 Å². The minimum Gasteiger partial charge on any atom is -0.507 e. The molecule has 0 unspecified atom stereocenters. The molecule has 26 heavy (non-hydrogen) atoms.